The minimum atomic E-state index is 0.0687. The van der Waals surface area contributed by atoms with Crippen molar-refractivity contribution in [3.63, 3.8) is 0 Å². The number of thiophene rings is 1. The molecule has 0 bridgehead atoms. The maximum atomic E-state index is 9.94. The highest BCUT2D eigenvalue weighted by Gasteiger charge is 2.23. The minimum Gasteiger partial charge on any atom is -0.472 e. The fourth-order valence-corrected chi connectivity index (χ4v) is 4.37. The molecular weight excluding hydrogens is 415 g/mol. The lowest BCUT2D eigenvalue weighted by Gasteiger charge is -2.09. The highest BCUT2D eigenvalue weighted by atomic mass is 35.5. The number of nitrogens with two attached hydrogens (primary N) is 1. The Kier molecular flexibility index (Phi) is 5.95. The Morgan fingerprint density at radius 1 is 1.36 bits per heavy atom. The normalized spacial score (nSPS) is 11.1. The summed E-state index contributed by atoms with van der Waals surface area (Å²) in [6.45, 7) is 0. The van der Waals surface area contributed by atoms with Crippen LogP contribution in [0.25, 0.3) is 27.0 Å². The van der Waals surface area contributed by atoms with Crippen molar-refractivity contribution in [2.24, 2.45) is 10.7 Å². The van der Waals surface area contributed by atoms with Crippen LogP contribution in [0.1, 0.15) is 10.4 Å². The number of halogens is 2. The van der Waals surface area contributed by atoms with Gasteiger partial charge in [0.15, 0.2) is 0 Å². The first-order chi connectivity index (χ1) is 13.5. The molecule has 6 nitrogen and oxygen atoms in total. The van der Waals surface area contributed by atoms with E-state index >= 15 is 0 Å². The quantitative estimate of drug-likeness (QED) is 0.440. The number of nitriles is 1. The number of rotatable bonds is 5. The van der Waals surface area contributed by atoms with Gasteiger partial charge in [0.1, 0.15) is 11.9 Å². The third kappa shape index (κ3) is 3.71. The van der Waals surface area contributed by atoms with E-state index in [1.807, 2.05) is 6.07 Å². The fourth-order valence-electron chi connectivity index (χ4n) is 2.70. The van der Waals surface area contributed by atoms with Gasteiger partial charge in [0.25, 0.3) is 0 Å². The summed E-state index contributed by atoms with van der Waals surface area (Å²) in [7, 11) is 1.76. The second kappa shape index (κ2) is 8.40. The Balaban J connectivity index is 2.36. The summed E-state index contributed by atoms with van der Waals surface area (Å²) in [6.07, 6.45) is 2.26. The van der Waals surface area contributed by atoms with Crippen LogP contribution in [-0.4, -0.2) is 24.2 Å². The van der Waals surface area contributed by atoms with Crippen LogP contribution in [0.15, 0.2) is 41.5 Å². The molecule has 140 valence electrons. The fraction of sp³-hybridized carbons (Fsp3) is 0.0526. The lowest BCUT2D eigenvalue weighted by molar-refractivity contribution is 1.29. The van der Waals surface area contributed by atoms with Crippen molar-refractivity contribution in [3.05, 3.63) is 62.4 Å². The first-order valence-electron chi connectivity index (χ1n) is 7.96. The van der Waals surface area contributed by atoms with Crippen LogP contribution in [0.4, 0.5) is 5.82 Å². The van der Waals surface area contributed by atoms with Crippen molar-refractivity contribution >= 4 is 52.5 Å². The van der Waals surface area contributed by atoms with Crippen molar-refractivity contribution in [3.8, 4) is 27.6 Å². The molecule has 0 atom stereocenters. The van der Waals surface area contributed by atoms with Gasteiger partial charge in [0.2, 0.25) is 0 Å². The number of hydrogen-bond donors (Lipinski definition) is 2. The summed E-state index contributed by atoms with van der Waals surface area (Å²) in [4.78, 5) is 9.19. The molecule has 0 radical (unpaired) electrons. The molecule has 0 amide bonds. The number of anilines is 1. The van der Waals surface area contributed by atoms with Crippen LogP contribution in [0.2, 0.25) is 10.0 Å². The third-order valence-corrected chi connectivity index (χ3v) is 5.74. The van der Waals surface area contributed by atoms with Gasteiger partial charge in [-0.3, -0.25) is 0 Å². The Hall–Kier alpha value is -2.92. The van der Waals surface area contributed by atoms with Gasteiger partial charge in [0, 0.05) is 40.3 Å². The molecule has 3 N–H and O–H groups in total. The molecule has 0 spiro atoms. The first kappa shape index (κ1) is 19.8. The number of nitrogens with zero attached hydrogens (tertiary/aromatic N) is 4. The number of aromatic nitrogens is 1. The summed E-state index contributed by atoms with van der Waals surface area (Å²) in [6, 6.07) is 10.9. The van der Waals surface area contributed by atoms with Gasteiger partial charge in [-0.05, 0) is 29.8 Å². The van der Waals surface area contributed by atoms with Crippen molar-refractivity contribution < 1.29 is 0 Å². The molecule has 2 heterocycles. The van der Waals surface area contributed by atoms with Crippen molar-refractivity contribution in [1.82, 2.24) is 4.98 Å². The number of hydrogen-bond acceptors (Lipinski definition) is 4. The van der Waals surface area contributed by atoms with E-state index in [1.165, 1.54) is 11.3 Å². The van der Waals surface area contributed by atoms with Gasteiger partial charge >= 0.3 is 0 Å². The maximum absolute atomic E-state index is 9.94. The van der Waals surface area contributed by atoms with E-state index in [0.29, 0.717) is 48.6 Å². The van der Waals surface area contributed by atoms with E-state index in [9.17, 15) is 5.26 Å². The molecule has 28 heavy (non-hydrogen) atoms. The summed E-state index contributed by atoms with van der Waals surface area (Å²) in [5.74, 6) is 0.729. The first-order valence-corrected chi connectivity index (χ1v) is 9.53. The Labute approximate surface area is 175 Å². The van der Waals surface area contributed by atoms with Gasteiger partial charge in [-0.1, -0.05) is 29.3 Å². The van der Waals surface area contributed by atoms with Crippen LogP contribution >= 0.6 is 34.5 Å². The van der Waals surface area contributed by atoms with E-state index in [4.69, 9.17) is 34.3 Å². The Bertz CT molecular complexity index is 1130. The minimum absolute atomic E-state index is 0.0687. The molecule has 1 aromatic carbocycles. The van der Waals surface area contributed by atoms with Crippen LogP contribution < -0.4 is 11.1 Å². The van der Waals surface area contributed by atoms with Crippen LogP contribution in [0.3, 0.4) is 0 Å². The second-order valence-electron chi connectivity index (χ2n) is 5.56. The summed E-state index contributed by atoms with van der Waals surface area (Å²) in [5.41, 5.74) is 8.38. The third-order valence-electron chi connectivity index (χ3n) is 3.93. The summed E-state index contributed by atoms with van der Waals surface area (Å²) in [5, 5.41) is 22.8. The summed E-state index contributed by atoms with van der Waals surface area (Å²) >= 11 is 13.7. The molecule has 0 saturated carbocycles. The Morgan fingerprint density at radius 3 is 2.79 bits per heavy atom. The molecule has 0 fully saturated rings. The van der Waals surface area contributed by atoms with Crippen LogP contribution in [0, 0.1) is 11.3 Å². The largest absolute Gasteiger partial charge is 0.472 e. The highest BCUT2D eigenvalue weighted by molar-refractivity contribution is 7.18. The average Bonchev–Trinajstić information content (AvgIpc) is 3.07. The van der Waals surface area contributed by atoms with Crippen molar-refractivity contribution in [2.75, 3.05) is 12.4 Å². The van der Waals surface area contributed by atoms with Crippen LogP contribution in [-0.2, 0) is 0 Å². The van der Waals surface area contributed by atoms with Gasteiger partial charge in [-0.25, -0.2) is 4.98 Å². The monoisotopic (exact) mass is 427 g/mol. The van der Waals surface area contributed by atoms with Gasteiger partial charge in [0.05, 0.1) is 15.3 Å². The van der Waals surface area contributed by atoms with E-state index in [2.05, 4.69) is 21.4 Å². The molecule has 0 saturated heterocycles. The lowest BCUT2D eigenvalue weighted by Crippen LogP contribution is -2.12. The van der Waals surface area contributed by atoms with E-state index in [-0.39, 0.29) is 5.84 Å². The molecule has 0 aliphatic rings. The standard InChI is InChI=1S/C19H13Cl2N6S/c1-25-15-6-10(4-5-26-15)17-13(8-22)16(18(28-17)19(24)27-9-23)12-3-2-11(20)7-14(12)21/h2-7,9H,1H3,(H3-,23,24,25,26,27)/q-1. The smallest absolute Gasteiger partial charge is 0.126 e. The average molecular weight is 428 g/mol. The lowest BCUT2D eigenvalue weighted by atomic mass is 9.98. The topological polar surface area (TPSA) is 109 Å². The van der Waals surface area contributed by atoms with Crippen molar-refractivity contribution in [1.29, 1.82) is 5.26 Å². The number of nitrogens with one attached hydrogen (secondary N) is 1. The molecule has 0 unspecified atom stereocenters. The molecule has 9 heteroatoms. The number of aliphatic imine (C=N–C) groups is 1. The molecule has 0 aliphatic carbocycles. The predicted octanol–water partition coefficient (Wildman–Crippen LogP) is 5.00. The Morgan fingerprint density at radius 2 is 2.14 bits per heavy atom. The van der Waals surface area contributed by atoms with Gasteiger partial charge in [-0.15, -0.1) is 17.7 Å². The predicted molar refractivity (Wildman–Crippen MR) is 117 cm³/mol. The zero-order chi connectivity index (χ0) is 20.3. The number of pyridine rings is 1. The molecule has 0 aliphatic heterocycles. The van der Waals surface area contributed by atoms with Gasteiger partial charge in [-0.2, -0.15) is 5.26 Å². The van der Waals surface area contributed by atoms with Crippen molar-refractivity contribution in [2.45, 2.75) is 0 Å². The molecule has 3 aromatic rings. The molecular formula is C19H13Cl2N6S-. The zero-order valence-electron chi connectivity index (χ0n) is 14.6. The zero-order valence-corrected chi connectivity index (χ0v) is 16.9. The van der Waals surface area contributed by atoms with E-state index in [0.717, 1.165) is 5.56 Å². The second-order valence-corrected chi connectivity index (χ2v) is 7.42. The summed E-state index contributed by atoms with van der Waals surface area (Å²) < 4.78 is 0. The number of benzene rings is 1. The SMILES string of the molecule is CNc1cc(-c2sc(C(N)=NC=[N-])c(-c3ccc(Cl)cc3Cl)c2C#N)ccn1. The van der Waals surface area contributed by atoms with E-state index in [1.54, 1.807) is 37.5 Å². The van der Waals surface area contributed by atoms with Crippen LogP contribution in [0.5, 0.6) is 0 Å². The molecule has 2 aromatic heterocycles. The van der Waals surface area contributed by atoms with E-state index < -0.39 is 0 Å². The van der Waals surface area contributed by atoms with Gasteiger partial charge < -0.3 is 21.5 Å². The molecule has 3 rings (SSSR count). The maximum Gasteiger partial charge on any atom is 0.126 e. The highest BCUT2D eigenvalue weighted by Crippen LogP contribution is 2.44. The number of amidine groups is 1.